The second kappa shape index (κ2) is 6.27. The van der Waals surface area contributed by atoms with E-state index < -0.39 is 10.0 Å². The molecule has 1 atom stereocenters. The third-order valence-corrected chi connectivity index (χ3v) is 5.28. The molecule has 4 nitrogen and oxygen atoms in total. The fourth-order valence-corrected chi connectivity index (χ4v) is 3.90. The Labute approximate surface area is 130 Å². The van der Waals surface area contributed by atoms with Crippen LogP contribution in [0.4, 0.5) is 0 Å². The second-order valence-electron chi connectivity index (χ2n) is 5.16. The Balaban J connectivity index is 2.08. The van der Waals surface area contributed by atoms with Crippen molar-refractivity contribution in [1.29, 1.82) is 0 Å². The number of aryl methyl sites for hydroxylation is 2. The van der Waals surface area contributed by atoms with Crippen molar-refractivity contribution in [3.05, 3.63) is 51.2 Å². The lowest BCUT2D eigenvalue weighted by Crippen LogP contribution is -2.19. The maximum Gasteiger partial charge on any atom is 0.238 e. The van der Waals surface area contributed by atoms with Gasteiger partial charge in [0.2, 0.25) is 10.0 Å². The Morgan fingerprint density at radius 2 is 2.00 bits per heavy atom. The summed E-state index contributed by atoms with van der Waals surface area (Å²) in [5.74, 6) is 0. The minimum absolute atomic E-state index is 0.150. The van der Waals surface area contributed by atoms with E-state index >= 15 is 0 Å². The summed E-state index contributed by atoms with van der Waals surface area (Å²) in [5.41, 5.74) is 2.19. The standard InChI is InChI=1S/C15H20N2O2S2/c1-10-7-15(12(3)20-10)11(2)17-9-13-5-4-6-14(8-13)21(16,18)19/h4-8,11,17H,9H2,1-3H3,(H2,16,18,19). The van der Waals surface area contributed by atoms with Gasteiger partial charge in [-0.15, -0.1) is 11.3 Å². The predicted molar refractivity (Wildman–Crippen MR) is 86.9 cm³/mol. The molecule has 1 aromatic heterocycles. The van der Waals surface area contributed by atoms with E-state index in [1.807, 2.05) is 6.07 Å². The first-order chi connectivity index (χ1) is 9.77. The fourth-order valence-electron chi connectivity index (χ4n) is 2.29. The van der Waals surface area contributed by atoms with E-state index in [-0.39, 0.29) is 10.9 Å². The Morgan fingerprint density at radius 3 is 2.57 bits per heavy atom. The monoisotopic (exact) mass is 324 g/mol. The largest absolute Gasteiger partial charge is 0.306 e. The minimum Gasteiger partial charge on any atom is -0.306 e. The first-order valence-electron chi connectivity index (χ1n) is 6.69. The van der Waals surface area contributed by atoms with Crippen molar-refractivity contribution in [2.24, 2.45) is 5.14 Å². The molecule has 1 heterocycles. The molecule has 6 heteroatoms. The van der Waals surface area contributed by atoms with Crippen LogP contribution in [0.2, 0.25) is 0 Å². The summed E-state index contributed by atoms with van der Waals surface area (Å²) >= 11 is 1.79. The van der Waals surface area contributed by atoms with Gasteiger partial charge in [0.25, 0.3) is 0 Å². The highest BCUT2D eigenvalue weighted by Gasteiger charge is 2.12. The third kappa shape index (κ3) is 4.14. The van der Waals surface area contributed by atoms with E-state index in [1.165, 1.54) is 21.4 Å². The molecule has 0 radical (unpaired) electrons. The number of hydrogen-bond acceptors (Lipinski definition) is 4. The van der Waals surface area contributed by atoms with Gasteiger partial charge in [-0.2, -0.15) is 0 Å². The summed E-state index contributed by atoms with van der Waals surface area (Å²) < 4.78 is 22.7. The molecule has 0 aliphatic carbocycles. The summed E-state index contributed by atoms with van der Waals surface area (Å²) in [6, 6.07) is 9.13. The lowest BCUT2D eigenvalue weighted by Gasteiger charge is -2.14. The van der Waals surface area contributed by atoms with Gasteiger partial charge in [-0.25, -0.2) is 13.6 Å². The van der Waals surface area contributed by atoms with Crippen molar-refractivity contribution in [1.82, 2.24) is 5.32 Å². The van der Waals surface area contributed by atoms with Crippen LogP contribution in [-0.2, 0) is 16.6 Å². The number of nitrogens with two attached hydrogens (primary N) is 1. The van der Waals surface area contributed by atoms with E-state index in [0.29, 0.717) is 6.54 Å². The molecule has 2 aromatic rings. The zero-order valence-electron chi connectivity index (χ0n) is 12.4. The molecule has 1 unspecified atom stereocenters. The molecule has 21 heavy (non-hydrogen) atoms. The molecule has 1 aromatic carbocycles. The zero-order chi connectivity index (χ0) is 15.6. The Morgan fingerprint density at radius 1 is 1.29 bits per heavy atom. The number of hydrogen-bond donors (Lipinski definition) is 2. The van der Waals surface area contributed by atoms with E-state index in [1.54, 1.807) is 23.5 Å². The van der Waals surface area contributed by atoms with Crippen molar-refractivity contribution in [3.8, 4) is 0 Å². The van der Waals surface area contributed by atoms with Crippen molar-refractivity contribution in [3.63, 3.8) is 0 Å². The Kier molecular flexibility index (Phi) is 4.83. The maximum absolute atomic E-state index is 11.4. The Hall–Kier alpha value is -1.21. The van der Waals surface area contributed by atoms with Gasteiger partial charge in [-0.05, 0) is 50.1 Å². The summed E-state index contributed by atoms with van der Waals surface area (Å²) in [5, 5.41) is 8.57. The van der Waals surface area contributed by atoms with Gasteiger partial charge in [0, 0.05) is 22.3 Å². The maximum atomic E-state index is 11.4. The van der Waals surface area contributed by atoms with Gasteiger partial charge >= 0.3 is 0 Å². The molecule has 0 fully saturated rings. The van der Waals surface area contributed by atoms with Gasteiger partial charge in [0.1, 0.15) is 0 Å². The van der Waals surface area contributed by atoms with Crippen LogP contribution in [0.3, 0.4) is 0 Å². The fraction of sp³-hybridized carbons (Fsp3) is 0.333. The Bertz CT molecular complexity index is 736. The molecule has 0 saturated heterocycles. The molecule has 0 saturated carbocycles. The van der Waals surface area contributed by atoms with E-state index in [0.717, 1.165) is 5.56 Å². The second-order valence-corrected chi connectivity index (χ2v) is 8.19. The molecule has 0 spiro atoms. The smallest absolute Gasteiger partial charge is 0.238 e. The topological polar surface area (TPSA) is 72.2 Å². The van der Waals surface area contributed by atoms with E-state index in [4.69, 9.17) is 5.14 Å². The lowest BCUT2D eigenvalue weighted by molar-refractivity contribution is 0.572. The normalized spacial score (nSPS) is 13.3. The van der Waals surface area contributed by atoms with Crippen LogP contribution in [0.15, 0.2) is 35.2 Å². The van der Waals surface area contributed by atoms with Gasteiger partial charge < -0.3 is 5.32 Å². The quantitative estimate of drug-likeness (QED) is 0.888. The van der Waals surface area contributed by atoms with Crippen LogP contribution >= 0.6 is 11.3 Å². The molecule has 114 valence electrons. The molecular weight excluding hydrogens is 304 g/mol. The number of sulfonamides is 1. The lowest BCUT2D eigenvalue weighted by atomic mass is 10.1. The number of benzene rings is 1. The summed E-state index contributed by atoms with van der Waals surface area (Å²) in [7, 11) is -3.65. The van der Waals surface area contributed by atoms with Crippen LogP contribution in [0, 0.1) is 13.8 Å². The van der Waals surface area contributed by atoms with Gasteiger partial charge in [-0.1, -0.05) is 12.1 Å². The average Bonchev–Trinajstić information content (AvgIpc) is 2.74. The third-order valence-electron chi connectivity index (χ3n) is 3.39. The SMILES string of the molecule is Cc1cc(C(C)NCc2cccc(S(N)(=O)=O)c2)c(C)s1. The highest BCUT2D eigenvalue weighted by atomic mass is 32.2. The van der Waals surface area contributed by atoms with Crippen LogP contribution in [0.1, 0.15) is 33.8 Å². The van der Waals surface area contributed by atoms with Crippen molar-refractivity contribution >= 4 is 21.4 Å². The van der Waals surface area contributed by atoms with Gasteiger partial charge in [0.05, 0.1) is 4.90 Å². The van der Waals surface area contributed by atoms with Gasteiger partial charge in [0.15, 0.2) is 0 Å². The summed E-state index contributed by atoms with van der Waals surface area (Å²) in [6.45, 7) is 6.92. The molecule has 3 N–H and O–H groups in total. The first-order valence-corrected chi connectivity index (χ1v) is 9.05. The molecule has 0 bridgehead atoms. The number of nitrogens with one attached hydrogen (secondary N) is 1. The van der Waals surface area contributed by atoms with Crippen molar-refractivity contribution in [2.45, 2.75) is 38.3 Å². The number of rotatable bonds is 5. The zero-order valence-corrected chi connectivity index (χ0v) is 14.0. The van der Waals surface area contributed by atoms with Crippen LogP contribution in [0.5, 0.6) is 0 Å². The van der Waals surface area contributed by atoms with Crippen LogP contribution in [-0.4, -0.2) is 8.42 Å². The highest BCUT2D eigenvalue weighted by Crippen LogP contribution is 2.26. The minimum atomic E-state index is -3.65. The predicted octanol–water partition coefficient (Wildman–Crippen LogP) is 2.86. The highest BCUT2D eigenvalue weighted by molar-refractivity contribution is 7.89. The molecule has 2 rings (SSSR count). The van der Waals surface area contributed by atoms with Crippen LogP contribution in [0.25, 0.3) is 0 Å². The summed E-state index contributed by atoms with van der Waals surface area (Å²) in [6.07, 6.45) is 0. The van der Waals surface area contributed by atoms with Crippen LogP contribution < -0.4 is 10.5 Å². The molecule has 0 aliphatic rings. The number of thiophene rings is 1. The summed E-state index contributed by atoms with van der Waals surface area (Å²) in [4.78, 5) is 2.76. The molecule has 0 aliphatic heterocycles. The number of primary sulfonamides is 1. The van der Waals surface area contributed by atoms with Crippen molar-refractivity contribution in [2.75, 3.05) is 0 Å². The van der Waals surface area contributed by atoms with Crippen molar-refractivity contribution < 1.29 is 8.42 Å². The molecular formula is C15H20N2O2S2. The molecule has 0 amide bonds. The van der Waals surface area contributed by atoms with E-state index in [2.05, 4.69) is 32.2 Å². The van der Waals surface area contributed by atoms with Gasteiger partial charge in [-0.3, -0.25) is 0 Å². The average molecular weight is 324 g/mol. The first kappa shape index (κ1) is 16.2. The van der Waals surface area contributed by atoms with E-state index in [9.17, 15) is 8.42 Å².